The summed E-state index contributed by atoms with van der Waals surface area (Å²) in [5.41, 5.74) is 6.99. The highest BCUT2D eigenvalue weighted by Gasteiger charge is 1.90. The van der Waals surface area contributed by atoms with Crippen LogP contribution in [0.15, 0.2) is 0 Å². The van der Waals surface area contributed by atoms with Gasteiger partial charge in [0.15, 0.2) is 0 Å². The van der Waals surface area contributed by atoms with Crippen molar-refractivity contribution >= 4 is 5.96 Å². The standard InChI is InChI=1S/C2N5O.CH7N5/c3-1-2-4-6-7(8)5-2;2-1(5-3)6-4/h;3-4H2,(H3,2,5,6)/q-1;/p+1. The number of tetrazole rings is 1. The molecule has 0 aliphatic heterocycles. The van der Waals surface area contributed by atoms with Crippen molar-refractivity contribution in [3.05, 3.63) is 11.0 Å². The van der Waals surface area contributed by atoms with Gasteiger partial charge in [-0.2, -0.15) is 21.2 Å². The van der Waals surface area contributed by atoms with Gasteiger partial charge < -0.3 is 5.21 Å². The first kappa shape index (κ1) is 11.4. The van der Waals surface area contributed by atoms with Gasteiger partial charge in [-0.3, -0.25) is 11.6 Å². The summed E-state index contributed by atoms with van der Waals surface area (Å²) in [5, 5.41) is 28.9. The number of hydrogen-bond donors (Lipinski definition) is 5. The van der Waals surface area contributed by atoms with Crippen LogP contribution in [0, 0.1) is 16.5 Å². The fourth-order valence-corrected chi connectivity index (χ4v) is 0.288. The lowest BCUT2D eigenvalue weighted by atomic mass is 10.7. The fraction of sp³-hybridized carbons (Fsp3) is 0. The van der Waals surface area contributed by atoms with Crippen LogP contribution in [0.2, 0.25) is 0 Å². The predicted molar refractivity (Wildman–Crippen MR) is 43.0 cm³/mol. The number of rotatable bonds is 0. The maximum atomic E-state index is 9.93. The molecule has 0 atom stereocenters. The van der Waals surface area contributed by atoms with E-state index >= 15 is 0 Å². The highest BCUT2D eigenvalue weighted by Crippen LogP contribution is 1.76. The van der Waals surface area contributed by atoms with E-state index in [1.165, 1.54) is 0 Å². The lowest BCUT2D eigenvalue weighted by Gasteiger charge is -1.91. The Kier molecular flexibility index (Phi) is 4.86. The summed E-state index contributed by atoms with van der Waals surface area (Å²) in [6.07, 6.45) is 0. The van der Waals surface area contributed by atoms with Crippen molar-refractivity contribution < 1.29 is 5.10 Å². The zero-order chi connectivity index (χ0) is 11.0. The number of aromatic nitrogens is 4. The van der Waals surface area contributed by atoms with Gasteiger partial charge in [0, 0.05) is 0 Å². The van der Waals surface area contributed by atoms with Crippen molar-refractivity contribution in [2.45, 2.75) is 0 Å². The van der Waals surface area contributed by atoms with Gasteiger partial charge in [-0.05, 0) is 0 Å². The molecule has 0 aliphatic rings. The Morgan fingerprint density at radius 1 is 1.71 bits per heavy atom. The molecule has 0 saturated heterocycles. The number of hydrazone groups is 1. The van der Waals surface area contributed by atoms with Gasteiger partial charge in [0.1, 0.15) is 6.07 Å². The van der Waals surface area contributed by atoms with Crippen molar-refractivity contribution in [3.8, 4) is 6.07 Å². The molecule has 0 spiro atoms. The summed E-state index contributed by atoms with van der Waals surface area (Å²) < 4.78 is 0. The molecule has 0 aliphatic carbocycles. The minimum Gasteiger partial charge on any atom is -0.773 e. The number of hydrogen-bond acceptors (Lipinski definition) is 7. The Bertz CT molecular complexity index is 333. The summed E-state index contributed by atoms with van der Waals surface area (Å²) in [6.45, 7) is 0. The highest BCUT2D eigenvalue weighted by molar-refractivity contribution is 5.70. The summed E-state index contributed by atoms with van der Waals surface area (Å²) in [4.78, 5) is -0.0153. The monoisotopic (exact) mass is 200 g/mol. The van der Waals surface area contributed by atoms with Gasteiger partial charge in [-0.1, -0.05) is 10.3 Å². The van der Waals surface area contributed by atoms with Gasteiger partial charge in [-0.15, -0.1) is 5.10 Å². The predicted octanol–water partition coefficient (Wildman–Crippen LogP) is -5.39. The van der Waals surface area contributed by atoms with Crippen LogP contribution in [0.3, 0.4) is 0 Å². The Morgan fingerprint density at radius 2 is 2.36 bits per heavy atom. The number of nitriles is 1. The average molecular weight is 200 g/mol. The van der Waals surface area contributed by atoms with Crippen LogP contribution in [0.4, 0.5) is 0 Å². The third-order valence-electron chi connectivity index (χ3n) is 0.807. The minimum absolute atomic E-state index is 0.0153. The van der Waals surface area contributed by atoms with E-state index in [2.05, 4.69) is 25.9 Å². The Labute approximate surface area is 77.7 Å². The molecule has 76 valence electrons. The van der Waals surface area contributed by atoms with Crippen molar-refractivity contribution in [2.75, 3.05) is 0 Å². The van der Waals surface area contributed by atoms with Crippen molar-refractivity contribution in [3.63, 3.8) is 0 Å². The molecule has 1 heterocycles. The van der Waals surface area contributed by atoms with E-state index < -0.39 is 0 Å². The molecule has 11 nitrogen and oxygen atoms in total. The van der Waals surface area contributed by atoms with Crippen molar-refractivity contribution in [1.82, 2.24) is 25.8 Å². The quantitative estimate of drug-likeness (QED) is 0.117. The molecule has 0 fully saturated rings. The van der Waals surface area contributed by atoms with Crippen LogP contribution in [0.1, 0.15) is 5.82 Å². The van der Waals surface area contributed by atoms with E-state index in [-0.39, 0.29) is 16.7 Å². The van der Waals surface area contributed by atoms with Crippen LogP contribution in [0.5, 0.6) is 0 Å². The number of nitrogens with two attached hydrogens (primary N) is 3. The van der Waals surface area contributed by atoms with Gasteiger partial charge in [0.25, 0.3) is 5.82 Å². The maximum Gasteiger partial charge on any atom is 0.379 e. The zero-order valence-electron chi connectivity index (χ0n) is 6.88. The van der Waals surface area contributed by atoms with E-state index in [9.17, 15) is 5.21 Å². The molecule has 8 N–H and O–H groups in total. The molecule has 0 radical (unpaired) electrons. The molecular weight excluding hydrogens is 192 g/mol. The van der Waals surface area contributed by atoms with Crippen molar-refractivity contribution in [1.29, 1.82) is 5.26 Å². The first-order valence-electron chi connectivity index (χ1n) is 3.07. The van der Waals surface area contributed by atoms with Crippen LogP contribution in [0.25, 0.3) is 0 Å². The van der Waals surface area contributed by atoms with Crippen LogP contribution in [-0.4, -0.2) is 26.3 Å². The second-order valence-corrected chi connectivity index (χ2v) is 1.68. The second kappa shape index (κ2) is 5.97. The fourth-order valence-electron chi connectivity index (χ4n) is 0.288. The summed E-state index contributed by atoms with van der Waals surface area (Å²) >= 11 is 0. The molecule has 11 heteroatoms. The number of nitrogens with zero attached hydrogens (tertiary/aromatic N) is 5. The zero-order valence-corrected chi connectivity index (χ0v) is 6.88. The Balaban J connectivity index is 0.000000255. The SMILES string of the molecule is N#Cc1nnn([O-])n1.NN/C(N)=[NH+]/N. The van der Waals surface area contributed by atoms with Crippen LogP contribution in [-0.2, 0) is 0 Å². The van der Waals surface area contributed by atoms with Gasteiger partial charge >= 0.3 is 5.96 Å². The molecule has 0 amide bonds. The van der Waals surface area contributed by atoms with Gasteiger partial charge in [0.2, 0.25) is 0 Å². The molecule has 14 heavy (non-hydrogen) atoms. The third kappa shape index (κ3) is 4.31. The van der Waals surface area contributed by atoms with E-state index in [4.69, 9.17) is 22.7 Å². The van der Waals surface area contributed by atoms with Crippen LogP contribution >= 0.6 is 0 Å². The third-order valence-corrected chi connectivity index (χ3v) is 0.807. The molecule has 0 aromatic carbocycles. The molecule has 1 aromatic heterocycles. The Hall–Kier alpha value is -2.61. The Morgan fingerprint density at radius 3 is 2.50 bits per heavy atom. The van der Waals surface area contributed by atoms with Crippen LogP contribution < -0.4 is 27.9 Å². The summed E-state index contributed by atoms with van der Waals surface area (Å²) in [6, 6.07) is 1.54. The topological polar surface area (TPSA) is 195 Å². The van der Waals surface area contributed by atoms with Crippen molar-refractivity contribution in [2.24, 2.45) is 17.4 Å². The summed E-state index contributed by atoms with van der Waals surface area (Å²) in [5.74, 6) is 9.40. The minimum atomic E-state index is -0.208. The van der Waals surface area contributed by atoms with Gasteiger partial charge in [0.05, 0.1) is 0 Å². The lowest BCUT2D eigenvalue weighted by Crippen LogP contribution is -2.85. The molecule has 0 bridgehead atoms. The van der Waals surface area contributed by atoms with Gasteiger partial charge in [-0.25, -0.2) is 5.43 Å². The molecule has 0 saturated carbocycles. The lowest BCUT2D eigenvalue weighted by molar-refractivity contribution is -0.472. The first-order chi connectivity index (χ1) is 6.63. The molecule has 1 rings (SSSR count). The average Bonchev–Trinajstić information content (AvgIpc) is 2.64. The van der Waals surface area contributed by atoms with E-state index in [0.29, 0.717) is 0 Å². The van der Waals surface area contributed by atoms with E-state index in [1.54, 1.807) is 6.07 Å². The summed E-state index contributed by atoms with van der Waals surface area (Å²) in [7, 11) is 0. The molecular formula is C3H8N10O. The smallest absolute Gasteiger partial charge is 0.379 e. The maximum absolute atomic E-state index is 9.93. The second-order valence-electron chi connectivity index (χ2n) is 1.68. The highest BCUT2D eigenvalue weighted by atomic mass is 16.5. The number of guanidine groups is 1. The number of hydrazine groups is 2. The first-order valence-corrected chi connectivity index (χ1v) is 3.07. The molecule has 1 aromatic rings. The normalized spacial score (nSPS) is 9.57. The van der Waals surface area contributed by atoms with E-state index in [1.807, 2.05) is 0 Å². The molecule has 0 unspecified atom stereocenters. The largest absolute Gasteiger partial charge is 0.773 e. The van der Waals surface area contributed by atoms with E-state index in [0.717, 1.165) is 0 Å². The number of nitrogens with one attached hydrogen (secondary N) is 2.